The Morgan fingerprint density at radius 3 is 2.65 bits per heavy atom. The van der Waals surface area contributed by atoms with E-state index in [0.717, 1.165) is 76.4 Å². The molecule has 0 unspecified atom stereocenters. The van der Waals surface area contributed by atoms with Gasteiger partial charge in [0.1, 0.15) is 11.2 Å². The number of carbonyl (C=O) groups excluding carboxylic acids is 1. The van der Waals surface area contributed by atoms with Gasteiger partial charge >= 0.3 is 0 Å². The van der Waals surface area contributed by atoms with E-state index in [1.54, 1.807) is 12.4 Å². The van der Waals surface area contributed by atoms with Crippen LogP contribution in [-0.2, 0) is 4.79 Å². The second-order valence-electron chi connectivity index (χ2n) is 9.99. The summed E-state index contributed by atoms with van der Waals surface area (Å²) in [6, 6.07) is 14.4. The molecule has 0 saturated carbocycles. The quantitative estimate of drug-likeness (QED) is 0.332. The minimum Gasteiger partial charge on any atom is -0.367 e. The number of nitrogens with one attached hydrogen (secondary N) is 3. The number of carbonyl (C=O) groups is 1. The third kappa shape index (κ3) is 4.42. The molecule has 1 saturated heterocycles. The molecule has 1 fully saturated rings. The summed E-state index contributed by atoms with van der Waals surface area (Å²) in [6.45, 7) is 7.78. The van der Waals surface area contributed by atoms with Crippen LogP contribution in [0, 0.1) is 5.92 Å². The predicted octanol–water partition coefficient (Wildman–Crippen LogP) is 4.51. The number of hydrogen-bond acceptors (Lipinski definition) is 6. The number of hydrogen-bond donors (Lipinski definition) is 3. The van der Waals surface area contributed by atoms with Gasteiger partial charge in [-0.05, 0) is 42.9 Å². The minimum atomic E-state index is -0.103. The van der Waals surface area contributed by atoms with Crippen molar-refractivity contribution in [3.8, 4) is 22.6 Å². The Hall–Kier alpha value is -4.24. The molecule has 6 rings (SSSR count). The van der Waals surface area contributed by atoms with Crippen molar-refractivity contribution in [2.24, 2.45) is 5.92 Å². The van der Waals surface area contributed by atoms with Gasteiger partial charge in [0.05, 0.1) is 28.6 Å². The Bertz CT molecular complexity index is 1590. The van der Waals surface area contributed by atoms with Gasteiger partial charge in [-0.2, -0.15) is 5.10 Å². The molecule has 9 nitrogen and oxygen atoms in total. The first-order chi connectivity index (χ1) is 18.0. The SMILES string of the molecule is CC(C)C(=O)Nc1cncc(-c2ccc3[nH]nc(-c4nc5c(N6CCN(C)CC6)cccc5[nH]4)c3c2)c1. The minimum absolute atomic E-state index is 0.0349. The third-order valence-electron chi connectivity index (χ3n) is 6.99. The van der Waals surface area contributed by atoms with Crippen LogP contribution in [0.1, 0.15) is 13.8 Å². The van der Waals surface area contributed by atoms with E-state index in [1.165, 1.54) is 0 Å². The Labute approximate surface area is 214 Å². The fraction of sp³-hybridized carbons (Fsp3) is 0.286. The maximum absolute atomic E-state index is 12.1. The first-order valence-electron chi connectivity index (χ1n) is 12.6. The van der Waals surface area contributed by atoms with Crippen LogP contribution in [-0.4, -0.2) is 69.2 Å². The zero-order valence-corrected chi connectivity index (χ0v) is 21.2. The number of rotatable bonds is 5. The van der Waals surface area contributed by atoms with Gasteiger partial charge in [0.15, 0.2) is 5.82 Å². The summed E-state index contributed by atoms with van der Waals surface area (Å²) in [5.41, 5.74) is 7.39. The summed E-state index contributed by atoms with van der Waals surface area (Å²) in [5.74, 6) is 0.595. The maximum Gasteiger partial charge on any atom is 0.226 e. The van der Waals surface area contributed by atoms with Crippen LogP contribution in [0.25, 0.3) is 44.6 Å². The number of para-hydroxylation sites is 1. The van der Waals surface area contributed by atoms with E-state index < -0.39 is 0 Å². The molecular weight excluding hydrogens is 464 g/mol. The van der Waals surface area contributed by atoms with E-state index in [9.17, 15) is 4.79 Å². The van der Waals surface area contributed by atoms with Gasteiger partial charge < -0.3 is 20.1 Å². The molecule has 2 aromatic carbocycles. The lowest BCUT2D eigenvalue weighted by Gasteiger charge is -2.34. The van der Waals surface area contributed by atoms with Crippen LogP contribution < -0.4 is 10.2 Å². The van der Waals surface area contributed by atoms with E-state index >= 15 is 0 Å². The number of H-pyrrole nitrogens is 2. The van der Waals surface area contributed by atoms with Gasteiger partial charge in [-0.1, -0.05) is 26.0 Å². The van der Waals surface area contributed by atoms with E-state index in [0.29, 0.717) is 5.69 Å². The molecule has 5 aromatic rings. The van der Waals surface area contributed by atoms with Gasteiger partial charge in [0.2, 0.25) is 5.91 Å². The number of amides is 1. The number of benzene rings is 2. The Balaban J connectivity index is 1.36. The zero-order chi connectivity index (χ0) is 25.5. The van der Waals surface area contributed by atoms with Crippen LogP contribution in [0.3, 0.4) is 0 Å². The molecule has 188 valence electrons. The number of fused-ring (bicyclic) bond motifs is 2. The number of imidazole rings is 1. The monoisotopic (exact) mass is 494 g/mol. The molecule has 0 aliphatic carbocycles. The topological polar surface area (TPSA) is 106 Å². The van der Waals surface area contributed by atoms with Crippen molar-refractivity contribution < 1.29 is 4.79 Å². The standard InChI is InChI=1S/C28H30N8O/c1-17(2)28(37)30-20-13-19(15-29-16-20)18-7-8-22-21(14-18)25(34-33-22)27-31-23-5-4-6-24(26(23)32-27)36-11-9-35(3)10-12-36/h4-8,13-17H,9-12H2,1-3H3,(H,30,37)(H,31,32)(H,33,34). The first-order valence-corrected chi connectivity index (χ1v) is 12.6. The molecule has 9 heteroatoms. The highest BCUT2D eigenvalue weighted by Gasteiger charge is 2.20. The van der Waals surface area contributed by atoms with Crippen LogP contribution in [0.4, 0.5) is 11.4 Å². The average Bonchev–Trinajstić information content (AvgIpc) is 3.53. The van der Waals surface area contributed by atoms with Crippen LogP contribution in [0.5, 0.6) is 0 Å². The summed E-state index contributed by atoms with van der Waals surface area (Å²) in [6.07, 6.45) is 3.47. The van der Waals surface area contributed by atoms with Crippen molar-refractivity contribution in [1.82, 2.24) is 30.0 Å². The third-order valence-corrected chi connectivity index (χ3v) is 6.99. The van der Waals surface area contributed by atoms with Gasteiger partial charge in [0.25, 0.3) is 0 Å². The molecule has 3 aromatic heterocycles. The second kappa shape index (κ2) is 9.33. The molecule has 1 aliphatic rings. The summed E-state index contributed by atoms with van der Waals surface area (Å²) in [4.78, 5) is 29.8. The Kier molecular flexibility index (Phi) is 5.84. The zero-order valence-electron chi connectivity index (χ0n) is 21.2. The summed E-state index contributed by atoms with van der Waals surface area (Å²) in [7, 11) is 2.16. The van der Waals surface area contributed by atoms with E-state index in [4.69, 9.17) is 4.98 Å². The number of nitrogens with zero attached hydrogens (tertiary/aromatic N) is 5. The fourth-order valence-corrected chi connectivity index (χ4v) is 4.76. The van der Waals surface area contributed by atoms with Crippen LogP contribution >= 0.6 is 0 Å². The number of aromatic nitrogens is 5. The molecule has 1 aliphatic heterocycles. The van der Waals surface area contributed by atoms with Gasteiger partial charge in [-0.25, -0.2) is 4.98 Å². The first kappa shape index (κ1) is 23.2. The Morgan fingerprint density at radius 1 is 1.00 bits per heavy atom. The largest absolute Gasteiger partial charge is 0.367 e. The molecule has 0 atom stereocenters. The van der Waals surface area contributed by atoms with Crippen molar-refractivity contribution in [2.45, 2.75) is 13.8 Å². The van der Waals surface area contributed by atoms with E-state index in [-0.39, 0.29) is 11.8 Å². The number of aromatic amines is 2. The molecule has 37 heavy (non-hydrogen) atoms. The number of piperazine rings is 1. The number of likely N-dealkylation sites (N-methyl/N-ethyl adjacent to an activating group) is 1. The molecule has 1 amide bonds. The van der Waals surface area contributed by atoms with E-state index in [1.807, 2.05) is 32.0 Å². The van der Waals surface area contributed by atoms with Crippen LogP contribution in [0.15, 0.2) is 54.9 Å². The van der Waals surface area contributed by atoms with Crippen molar-refractivity contribution in [2.75, 3.05) is 43.4 Å². The normalized spacial score (nSPS) is 14.6. The molecule has 0 radical (unpaired) electrons. The van der Waals surface area contributed by atoms with Gasteiger partial charge in [-0.15, -0.1) is 0 Å². The Morgan fingerprint density at radius 2 is 1.84 bits per heavy atom. The molecule has 0 spiro atoms. The lowest BCUT2D eigenvalue weighted by atomic mass is 10.0. The molecule has 3 N–H and O–H groups in total. The highest BCUT2D eigenvalue weighted by Crippen LogP contribution is 2.33. The smallest absolute Gasteiger partial charge is 0.226 e. The van der Waals surface area contributed by atoms with Crippen molar-refractivity contribution in [3.05, 3.63) is 54.9 Å². The summed E-state index contributed by atoms with van der Waals surface area (Å²) in [5, 5.41) is 11.7. The number of pyridine rings is 1. The highest BCUT2D eigenvalue weighted by molar-refractivity contribution is 5.98. The predicted molar refractivity (Wildman–Crippen MR) is 148 cm³/mol. The average molecular weight is 495 g/mol. The molecule has 4 heterocycles. The lowest BCUT2D eigenvalue weighted by molar-refractivity contribution is -0.118. The van der Waals surface area contributed by atoms with Crippen molar-refractivity contribution >= 4 is 39.2 Å². The fourth-order valence-electron chi connectivity index (χ4n) is 4.76. The number of anilines is 2. The summed E-state index contributed by atoms with van der Waals surface area (Å²) < 4.78 is 0. The molecular formula is C28H30N8O. The van der Waals surface area contributed by atoms with Gasteiger partial charge in [-0.3, -0.25) is 14.9 Å². The van der Waals surface area contributed by atoms with Gasteiger partial charge in [0, 0.05) is 49.2 Å². The van der Waals surface area contributed by atoms with Crippen molar-refractivity contribution in [1.29, 1.82) is 0 Å². The second-order valence-corrected chi connectivity index (χ2v) is 9.99. The summed E-state index contributed by atoms with van der Waals surface area (Å²) >= 11 is 0. The van der Waals surface area contributed by atoms with Crippen LogP contribution in [0.2, 0.25) is 0 Å². The highest BCUT2D eigenvalue weighted by atomic mass is 16.1. The van der Waals surface area contributed by atoms with Crippen molar-refractivity contribution in [3.63, 3.8) is 0 Å². The lowest BCUT2D eigenvalue weighted by Crippen LogP contribution is -2.44. The molecule has 0 bridgehead atoms. The van der Waals surface area contributed by atoms with E-state index in [2.05, 4.69) is 66.6 Å². The maximum atomic E-state index is 12.1.